The first-order valence-electron chi connectivity index (χ1n) is 21.1. The molecule has 9 nitrogen and oxygen atoms in total. The number of esters is 2. The number of aliphatic hydroxyl groups is 3. The average Bonchev–Trinajstić information content (AvgIpc) is 3.13. The topological polar surface area (TPSA) is 132 Å². The number of hydrogen-bond acceptors (Lipinski definition) is 9. The van der Waals surface area contributed by atoms with Crippen molar-refractivity contribution < 1.29 is 43.9 Å². The maximum absolute atomic E-state index is 12.7. The summed E-state index contributed by atoms with van der Waals surface area (Å²) in [6.45, 7) is 5.92. The summed E-state index contributed by atoms with van der Waals surface area (Å²) in [7, 11) is 0. The molecule has 0 radical (unpaired) electrons. The average molecular weight is 727 g/mol. The maximum Gasteiger partial charge on any atom is 0.306 e. The second kappa shape index (κ2) is 33.1. The molecule has 1 heterocycles. The first kappa shape index (κ1) is 47.5. The molecule has 1 saturated heterocycles. The molecule has 3 N–H and O–H groups in total. The quantitative estimate of drug-likeness (QED) is 0.0337. The van der Waals surface area contributed by atoms with Crippen molar-refractivity contribution in [1.29, 1.82) is 0 Å². The summed E-state index contributed by atoms with van der Waals surface area (Å²) in [6.07, 6.45) is 27.0. The van der Waals surface area contributed by atoms with Crippen LogP contribution in [-0.4, -0.2) is 77.3 Å². The highest BCUT2D eigenvalue weighted by Crippen LogP contribution is 2.24. The number of rotatable bonds is 34. The van der Waals surface area contributed by atoms with Crippen LogP contribution < -0.4 is 0 Å². The predicted octanol–water partition coefficient (Wildman–Crippen LogP) is 9.41. The summed E-state index contributed by atoms with van der Waals surface area (Å²) in [5, 5.41) is 30.8. The van der Waals surface area contributed by atoms with E-state index in [0.717, 1.165) is 51.4 Å². The van der Waals surface area contributed by atoms with Crippen LogP contribution in [0.2, 0.25) is 0 Å². The van der Waals surface area contributed by atoms with Crippen LogP contribution in [-0.2, 0) is 28.5 Å². The Labute approximate surface area is 311 Å². The molecule has 0 aromatic rings. The molecule has 1 aliphatic heterocycles. The first-order valence-corrected chi connectivity index (χ1v) is 21.1. The van der Waals surface area contributed by atoms with Gasteiger partial charge in [-0.05, 0) is 44.9 Å². The molecule has 51 heavy (non-hydrogen) atoms. The molecule has 0 saturated carbocycles. The highest BCUT2D eigenvalue weighted by Gasteiger charge is 2.43. The van der Waals surface area contributed by atoms with Gasteiger partial charge in [0.05, 0.1) is 12.7 Å². The molecule has 2 unspecified atom stereocenters. The third-order valence-corrected chi connectivity index (χ3v) is 9.87. The van der Waals surface area contributed by atoms with Crippen LogP contribution in [0.4, 0.5) is 0 Å². The Kier molecular flexibility index (Phi) is 30.8. The van der Waals surface area contributed by atoms with E-state index in [1.165, 1.54) is 96.3 Å². The van der Waals surface area contributed by atoms with Gasteiger partial charge >= 0.3 is 11.9 Å². The molecular weight excluding hydrogens is 648 g/mol. The van der Waals surface area contributed by atoms with E-state index in [1.807, 2.05) is 0 Å². The Balaban J connectivity index is 2.37. The van der Waals surface area contributed by atoms with Crippen molar-refractivity contribution in [2.24, 2.45) is 0 Å². The Morgan fingerprint density at radius 3 is 1.53 bits per heavy atom. The summed E-state index contributed by atoms with van der Waals surface area (Å²) in [5.41, 5.74) is 0. The molecule has 0 amide bonds. The lowest BCUT2D eigenvalue weighted by atomic mass is 9.97. The van der Waals surface area contributed by atoms with Crippen molar-refractivity contribution in [1.82, 2.24) is 0 Å². The zero-order valence-corrected chi connectivity index (χ0v) is 32.9. The largest absolute Gasteiger partial charge is 0.462 e. The Morgan fingerprint density at radius 2 is 1.02 bits per heavy atom. The van der Waals surface area contributed by atoms with Gasteiger partial charge in [0.15, 0.2) is 12.4 Å². The van der Waals surface area contributed by atoms with Gasteiger partial charge in [-0.3, -0.25) is 9.59 Å². The predicted molar refractivity (Wildman–Crippen MR) is 204 cm³/mol. The minimum atomic E-state index is -1.47. The lowest BCUT2D eigenvalue weighted by Crippen LogP contribution is -2.58. The van der Waals surface area contributed by atoms with E-state index in [9.17, 15) is 24.9 Å². The number of unbranched alkanes of at least 4 members (excludes halogenated alkanes) is 21. The van der Waals surface area contributed by atoms with Crippen molar-refractivity contribution in [3.8, 4) is 0 Å². The van der Waals surface area contributed by atoms with Gasteiger partial charge in [-0.2, -0.15) is 0 Å². The van der Waals surface area contributed by atoms with E-state index in [2.05, 4.69) is 26.0 Å². The van der Waals surface area contributed by atoms with Crippen LogP contribution in [0.1, 0.15) is 194 Å². The lowest BCUT2D eigenvalue weighted by molar-refractivity contribution is -0.301. The Morgan fingerprint density at radius 1 is 0.569 bits per heavy atom. The fraction of sp³-hybridized carbons (Fsp3) is 0.905. The van der Waals surface area contributed by atoms with Gasteiger partial charge in [0.25, 0.3) is 0 Å². The molecule has 9 heteroatoms. The number of ether oxygens (including phenoxy) is 4. The van der Waals surface area contributed by atoms with Crippen LogP contribution in [0.3, 0.4) is 0 Å². The molecule has 1 fully saturated rings. The monoisotopic (exact) mass is 727 g/mol. The van der Waals surface area contributed by atoms with E-state index < -0.39 is 42.8 Å². The van der Waals surface area contributed by atoms with Gasteiger partial charge in [-0.1, -0.05) is 148 Å². The zero-order chi connectivity index (χ0) is 37.4. The van der Waals surface area contributed by atoms with E-state index in [4.69, 9.17) is 18.9 Å². The van der Waals surface area contributed by atoms with Crippen LogP contribution in [0.5, 0.6) is 0 Å². The summed E-state index contributed by atoms with van der Waals surface area (Å²) >= 11 is 0. The Bertz CT molecular complexity index is 848. The van der Waals surface area contributed by atoms with E-state index in [1.54, 1.807) is 6.92 Å². The number of hydrogen-bond donors (Lipinski definition) is 3. The normalized spacial score (nSPS) is 21.3. The third kappa shape index (κ3) is 25.2. The van der Waals surface area contributed by atoms with Crippen molar-refractivity contribution in [2.75, 3.05) is 13.2 Å². The minimum Gasteiger partial charge on any atom is -0.462 e. The van der Waals surface area contributed by atoms with Gasteiger partial charge < -0.3 is 34.3 Å². The fourth-order valence-electron chi connectivity index (χ4n) is 6.49. The highest BCUT2D eigenvalue weighted by atomic mass is 16.7. The molecule has 0 bridgehead atoms. The third-order valence-electron chi connectivity index (χ3n) is 9.87. The molecule has 1 rings (SSSR count). The highest BCUT2D eigenvalue weighted by molar-refractivity contribution is 5.70. The van der Waals surface area contributed by atoms with Crippen LogP contribution in [0, 0.1) is 0 Å². The maximum atomic E-state index is 12.7. The number of carbonyl (C=O) groups is 2. The Hall–Kier alpha value is -1.52. The SMILES string of the molecule is CCCCCC/C=C\CCCCCCCC(=O)O[C@H](COC(=O)CCCCCCCCCCCCCCC)CO[C@H]1O[C@H](CC)[C@@H](O)C(O)C1O. The van der Waals surface area contributed by atoms with Gasteiger partial charge in [0, 0.05) is 12.8 Å². The van der Waals surface area contributed by atoms with Gasteiger partial charge in [-0.25, -0.2) is 0 Å². The second-order valence-corrected chi connectivity index (χ2v) is 14.7. The minimum absolute atomic E-state index is 0.166. The van der Waals surface area contributed by atoms with Crippen molar-refractivity contribution >= 4 is 11.9 Å². The van der Waals surface area contributed by atoms with Gasteiger partial charge in [-0.15, -0.1) is 0 Å². The van der Waals surface area contributed by atoms with Crippen molar-refractivity contribution in [3.05, 3.63) is 12.2 Å². The van der Waals surface area contributed by atoms with Gasteiger partial charge in [0.2, 0.25) is 0 Å². The van der Waals surface area contributed by atoms with Crippen LogP contribution in [0.25, 0.3) is 0 Å². The van der Waals surface area contributed by atoms with E-state index in [-0.39, 0.29) is 25.6 Å². The molecule has 0 spiro atoms. The standard InChI is InChI=1S/C42H78O9/c1-4-7-9-11-13-15-17-19-21-23-25-27-29-31-37(43)48-33-35(34-49-42-41(47)40(46)39(45)36(6-3)51-42)50-38(44)32-30-28-26-24-22-20-18-16-14-12-10-8-5-2/h16,18,35-36,39-42,45-47H,4-15,17,19-34H2,1-3H3/b18-16-/t35-,36-,39-,40?,41?,42+/m1/s1. The van der Waals surface area contributed by atoms with Crippen molar-refractivity contribution in [3.63, 3.8) is 0 Å². The lowest BCUT2D eigenvalue weighted by Gasteiger charge is -2.40. The number of allylic oxidation sites excluding steroid dienone is 2. The number of aliphatic hydroxyl groups excluding tert-OH is 3. The summed E-state index contributed by atoms with van der Waals surface area (Å²) in [4.78, 5) is 25.3. The summed E-state index contributed by atoms with van der Waals surface area (Å²) in [5.74, 6) is -0.738. The second-order valence-electron chi connectivity index (χ2n) is 14.7. The van der Waals surface area contributed by atoms with Crippen molar-refractivity contribution in [2.45, 2.75) is 231 Å². The molecular formula is C42H78O9. The van der Waals surface area contributed by atoms with Crippen LogP contribution >= 0.6 is 0 Å². The first-order chi connectivity index (χ1) is 24.8. The van der Waals surface area contributed by atoms with E-state index in [0.29, 0.717) is 19.3 Å². The van der Waals surface area contributed by atoms with E-state index >= 15 is 0 Å². The zero-order valence-electron chi connectivity index (χ0n) is 32.9. The molecule has 1 aliphatic rings. The molecule has 0 aromatic carbocycles. The summed E-state index contributed by atoms with van der Waals surface area (Å²) < 4.78 is 22.5. The molecule has 6 atom stereocenters. The molecule has 300 valence electrons. The summed E-state index contributed by atoms with van der Waals surface area (Å²) in [6, 6.07) is 0. The van der Waals surface area contributed by atoms with Crippen LogP contribution in [0.15, 0.2) is 12.2 Å². The molecule has 0 aromatic heterocycles. The van der Waals surface area contributed by atoms with Gasteiger partial charge in [0.1, 0.15) is 24.9 Å². The number of carbonyl (C=O) groups excluding carboxylic acids is 2. The smallest absolute Gasteiger partial charge is 0.306 e. The molecule has 0 aliphatic carbocycles. The fourth-order valence-corrected chi connectivity index (χ4v) is 6.49.